The largest absolute Gasteiger partial charge is 0.451 e. The number of hydrogen-bond acceptors (Lipinski definition) is 3. The molecule has 22 heavy (non-hydrogen) atoms. The van der Waals surface area contributed by atoms with Crippen LogP contribution in [0.15, 0.2) is 62.5 Å². The molecule has 0 bridgehead atoms. The van der Waals surface area contributed by atoms with E-state index >= 15 is 0 Å². The maximum absolute atomic E-state index is 13.4. The second-order valence-electron chi connectivity index (χ2n) is 4.51. The smallest absolute Gasteiger partial charge is 0.307 e. The first-order chi connectivity index (χ1) is 10.6. The van der Waals surface area contributed by atoms with E-state index in [2.05, 4.69) is 26.5 Å². The molecular formula is C16H10BrFN2O2. The predicted octanol–water partition coefficient (Wildman–Crippen LogP) is 4.10. The summed E-state index contributed by atoms with van der Waals surface area (Å²) in [5, 5.41) is 4.54. The first kappa shape index (κ1) is 14.5. The van der Waals surface area contributed by atoms with Crippen molar-refractivity contribution in [3.05, 3.63) is 70.1 Å². The molecule has 2 aromatic carbocycles. The molecule has 0 fully saturated rings. The molecule has 1 N–H and O–H groups in total. The molecular weight excluding hydrogens is 351 g/mol. The number of carbonyl (C=O) groups is 1. The third kappa shape index (κ3) is 3.07. The Kier molecular flexibility index (Phi) is 4.02. The van der Waals surface area contributed by atoms with Crippen molar-refractivity contribution < 1.29 is 13.6 Å². The predicted molar refractivity (Wildman–Crippen MR) is 85.4 cm³/mol. The molecule has 3 rings (SSSR count). The maximum atomic E-state index is 13.4. The minimum atomic E-state index is -0.500. The Morgan fingerprint density at radius 2 is 2.05 bits per heavy atom. The maximum Gasteiger partial charge on any atom is 0.307 e. The Hall–Kier alpha value is -2.47. The molecule has 1 amide bonds. The Morgan fingerprint density at radius 1 is 1.23 bits per heavy atom. The molecule has 6 heteroatoms. The number of nitrogens with one attached hydrogen (secondary N) is 1. The van der Waals surface area contributed by atoms with Crippen molar-refractivity contribution in [1.29, 1.82) is 0 Å². The van der Waals surface area contributed by atoms with Crippen LogP contribution >= 0.6 is 15.9 Å². The van der Waals surface area contributed by atoms with Crippen LogP contribution in [0.3, 0.4) is 0 Å². The van der Waals surface area contributed by atoms with E-state index in [0.29, 0.717) is 5.58 Å². The second-order valence-corrected chi connectivity index (χ2v) is 5.43. The SMILES string of the molecule is O=C(N/N=C/c1ccccc1F)c1cc2cc(Br)ccc2o1. The van der Waals surface area contributed by atoms with Crippen molar-refractivity contribution in [3.8, 4) is 0 Å². The van der Waals surface area contributed by atoms with E-state index in [1.54, 1.807) is 30.3 Å². The molecule has 0 saturated carbocycles. The molecule has 3 aromatic rings. The van der Waals surface area contributed by atoms with Gasteiger partial charge in [0, 0.05) is 15.4 Å². The third-order valence-corrected chi connectivity index (χ3v) is 3.47. The monoisotopic (exact) mass is 360 g/mol. The van der Waals surface area contributed by atoms with Crippen LogP contribution in [-0.2, 0) is 0 Å². The zero-order chi connectivity index (χ0) is 15.5. The number of amides is 1. The van der Waals surface area contributed by atoms with Gasteiger partial charge in [0.2, 0.25) is 0 Å². The second kappa shape index (κ2) is 6.11. The zero-order valence-corrected chi connectivity index (χ0v) is 12.8. The van der Waals surface area contributed by atoms with E-state index in [1.807, 2.05) is 12.1 Å². The summed E-state index contributed by atoms with van der Waals surface area (Å²) in [5.74, 6) is -0.771. The quantitative estimate of drug-likeness (QED) is 0.564. The Labute approximate surface area is 133 Å². The summed E-state index contributed by atoms with van der Waals surface area (Å²) in [4.78, 5) is 12.0. The number of rotatable bonds is 3. The van der Waals surface area contributed by atoms with E-state index in [0.717, 1.165) is 9.86 Å². The fraction of sp³-hybridized carbons (Fsp3) is 0. The van der Waals surface area contributed by atoms with Gasteiger partial charge in [0.25, 0.3) is 0 Å². The number of fused-ring (bicyclic) bond motifs is 1. The van der Waals surface area contributed by atoms with Gasteiger partial charge in [0.05, 0.1) is 6.21 Å². The standard InChI is InChI=1S/C16H10BrFN2O2/c17-12-5-6-14-11(7-12)8-15(22-14)16(21)20-19-9-10-3-1-2-4-13(10)18/h1-9H,(H,20,21)/b19-9+. The highest BCUT2D eigenvalue weighted by atomic mass is 79.9. The van der Waals surface area contributed by atoms with E-state index in [-0.39, 0.29) is 11.3 Å². The van der Waals surface area contributed by atoms with Crippen molar-refractivity contribution in [3.63, 3.8) is 0 Å². The van der Waals surface area contributed by atoms with E-state index in [4.69, 9.17) is 4.42 Å². The lowest BCUT2D eigenvalue weighted by atomic mass is 10.2. The van der Waals surface area contributed by atoms with Crippen LogP contribution < -0.4 is 5.43 Å². The first-order valence-corrected chi connectivity index (χ1v) is 7.20. The molecule has 0 aliphatic rings. The van der Waals surface area contributed by atoms with E-state index in [9.17, 15) is 9.18 Å². The highest BCUT2D eigenvalue weighted by Gasteiger charge is 2.11. The van der Waals surface area contributed by atoms with Crippen molar-refractivity contribution in [2.24, 2.45) is 5.10 Å². The van der Waals surface area contributed by atoms with E-state index in [1.165, 1.54) is 12.3 Å². The lowest BCUT2D eigenvalue weighted by Crippen LogP contribution is -2.16. The number of furan rings is 1. The van der Waals surface area contributed by atoms with Crippen LogP contribution in [0.5, 0.6) is 0 Å². The van der Waals surface area contributed by atoms with Crippen LogP contribution in [0.4, 0.5) is 4.39 Å². The summed E-state index contributed by atoms with van der Waals surface area (Å²) in [7, 11) is 0. The normalized spacial score (nSPS) is 11.2. The molecule has 110 valence electrons. The number of carbonyl (C=O) groups excluding carboxylic acids is 1. The summed E-state index contributed by atoms with van der Waals surface area (Å²) < 4.78 is 19.7. The van der Waals surface area contributed by atoms with Gasteiger partial charge >= 0.3 is 5.91 Å². The molecule has 4 nitrogen and oxygen atoms in total. The van der Waals surface area contributed by atoms with Crippen LogP contribution in [0.25, 0.3) is 11.0 Å². The van der Waals surface area contributed by atoms with Crippen LogP contribution in [0, 0.1) is 5.82 Å². The van der Waals surface area contributed by atoms with Gasteiger partial charge in [-0.2, -0.15) is 5.10 Å². The fourth-order valence-electron chi connectivity index (χ4n) is 1.92. The van der Waals surface area contributed by atoms with Gasteiger partial charge in [-0.25, -0.2) is 9.82 Å². The van der Waals surface area contributed by atoms with Gasteiger partial charge < -0.3 is 4.42 Å². The number of nitrogens with zero attached hydrogens (tertiary/aromatic N) is 1. The molecule has 1 aromatic heterocycles. The average molecular weight is 361 g/mol. The zero-order valence-electron chi connectivity index (χ0n) is 11.2. The summed E-state index contributed by atoms with van der Waals surface area (Å²) in [5.41, 5.74) is 3.20. The molecule has 0 spiro atoms. The molecule has 0 radical (unpaired) electrons. The minimum Gasteiger partial charge on any atom is -0.451 e. The first-order valence-electron chi connectivity index (χ1n) is 6.40. The highest BCUT2D eigenvalue weighted by Crippen LogP contribution is 2.23. The average Bonchev–Trinajstić information content (AvgIpc) is 2.92. The van der Waals surface area contributed by atoms with Gasteiger partial charge in [-0.15, -0.1) is 0 Å². The van der Waals surface area contributed by atoms with Gasteiger partial charge in [0.15, 0.2) is 5.76 Å². The van der Waals surface area contributed by atoms with Crippen LogP contribution in [0.2, 0.25) is 0 Å². The van der Waals surface area contributed by atoms with Crippen LogP contribution in [0.1, 0.15) is 16.1 Å². The summed E-state index contributed by atoms with van der Waals surface area (Å²) >= 11 is 3.35. The summed E-state index contributed by atoms with van der Waals surface area (Å²) in [6.45, 7) is 0. The van der Waals surface area contributed by atoms with Gasteiger partial charge in [-0.3, -0.25) is 4.79 Å². The molecule has 0 saturated heterocycles. The third-order valence-electron chi connectivity index (χ3n) is 2.98. The van der Waals surface area contributed by atoms with Crippen LogP contribution in [-0.4, -0.2) is 12.1 Å². The molecule has 1 heterocycles. The number of hydrazone groups is 1. The summed E-state index contributed by atoms with van der Waals surface area (Å²) in [6, 6.07) is 13.2. The Bertz CT molecular complexity index is 873. The molecule has 0 atom stereocenters. The fourth-order valence-corrected chi connectivity index (χ4v) is 2.30. The van der Waals surface area contributed by atoms with Crippen molar-refractivity contribution in [2.75, 3.05) is 0 Å². The van der Waals surface area contributed by atoms with Gasteiger partial charge in [-0.1, -0.05) is 34.1 Å². The van der Waals surface area contributed by atoms with Gasteiger partial charge in [-0.05, 0) is 30.3 Å². The van der Waals surface area contributed by atoms with Crippen molar-refractivity contribution in [2.45, 2.75) is 0 Å². The topological polar surface area (TPSA) is 54.6 Å². The number of halogens is 2. The van der Waals surface area contributed by atoms with E-state index < -0.39 is 11.7 Å². The molecule has 0 aliphatic heterocycles. The highest BCUT2D eigenvalue weighted by molar-refractivity contribution is 9.10. The Balaban J connectivity index is 1.75. The number of benzene rings is 2. The molecule has 0 aliphatic carbocycles. The Morgan fingerprint density at radius 3 is 2.86 bits per heavy atom. The van der Waals surface area contributed by atoms with Crippen molar-refractivity contribution in [1.82, 2.24) is 5.43 Å². The molecule has 0 unspecified atom stereocenters. The summed E-state index contributed by atoms with van der Waals surface area (Å²) in [6.07, 6.45) is 1.24. The minimum absolute atomic E-state index is 0.138. The van der Waals surface area contributed by atoms with Gasteiger partial charge in [0.1, 0.15) is 11.4 Å². The lowest BCUT2D eigenvalue weighted by Gasteiger charge is -1.96. The van der Waals surface area contributed by atoms with Crippen molar-refractivity contribution >= 4 is 39.0 Å². The lowest BCUT2D eigenvalue weighted by molar-refractivity contribution is 0.0929. The number of hydrogen-bond donors (Lipinski definition) is 1.